The van der Waals surface area contributed by atoms with Crippen molar-refractivity contribution < 1.29 is 14.2 Å². The van der Waals surface area contributed by atoms with E-state index in [0.717, 1.165) is 34.0 Å². The SMILES string of the molecule is CCOc1ccc(Nc2nc(Nc3ccc(OCC)cc3)nc(Oc3ccc(Cl)cc3-c3cc(-c4ccc(C)cc4)nc(N)n3)n2)cc1. The van der Waals surface area contributed by atoms with Gasteiger partial charge < -0.3 is 30.6 Å². The fourth-order valence-corrected chi connectivity index (χ4v) is 4.91. The molecule has 6 rings (SSSR count). The van der Waals surface area contributed by atoms with Gasteiger partial charge in [-0.3, -0.25) is 0 Å². The van der Waals surface area contributed by atoms with Gasteiger partial charge in [0.1, 0.15) is 17.2 Å². The largest absolute Gasteiger partial charge is 0.494 e. The van der Waals surface area contributed by atoms with Gasteiger partial charge >= 0.3 is 6.01 Å². The highest BCUT2D eigenvalue weighted by atomic mass is 35.5. The Labute approximate surface area is 283 Å². The predicted octanol–water partition coefficient (Wildman–Crippen LogP) is 8.62. The summed E-state index contributed by atoms with van der Waals surface area (Å²) in [4.78, 5) is 22.7. The molecule has 4 N–H and O–H groups in total. The molecule has 0 aliphatic carbocycles. The van der Waals surface area contributed by atoms with Crippen molar-refractivity contribution in [1.82, 2.24) is 24.9 Å². The summed E-state index contributed by atoms with van der Waals surface area (Å²) in [6.45, 7) is 7.04. The van der Waals surface area contributed by atoms with Gasteiger partial charge in [-0.15, -0.1) is 0 Å². The van der Waals surface area contributed by atoms with Gasteiger partial charge in [-0.1, -0.05) is 41.4 Å². The Kier molecular flexibility index (Phi) is 9.77. The average molecular weight is 661 g/mol. The molecular weight excluding hydrogens is 628 g/mol. The van der Waals surface area contributed by atoms with Crippen molar-refractivity contribution >= 4 is 40.8 Å². The van der Waals surface area contributed by atoms with Crippen LogP contribution in [-0.4, -0.2) is 38.1 Å². The lowest BCUT2D eigenvalue weighted by molar-refractivity contribution is 0.340. The molecule has 12 heteroatoms. The number of ether oxygens (including phenoxy) is 3. The molecule has 0 spiro atoms. The van der Waals surface area contributed by atoms with Gasteiger partial charge in [-0.25, -0.2) is 9.97 Å². The molecule has 0 saturated heterocycles. The first-order valence-electron chi connectivity index (χ1n) is 15.3. The van der Waals surface area contributed by atoms with Crippen LogP contribution in [0.15, 0.2) is 97.1 Å². The number of nitrogen functional groups attached to an aromatic ring is 1. The lowest BCUT2D eigenvalue weighted by atomic mass is 10.1. The smallest absolute Gasteiger partial charge is 0.328 e. The summed E-state index contributed by atoms with van der Waals surface area (Å²) in [5, 5.41) is 6.94. The lowest BCUT2D eigenvalue weighted by Crippen LogP contribution is -2.06. The number of nitrogens with zero attached hydrogens (tertiary/aromatic N) is 5. The van der Waals surface area contributed by atoms with Crippen molar-refractivity contribution in [1.29, 1.82) is 0 Å². The molecule has 0 aliphatic heterocycles. The zero-order chi connectivity index (χ0) is 33.5. The Bertz CT molecular complexity index is 1940. The monoisotopic (exact) mass is 660 g/mol. The molecule has 0 fully saturated rings. The summed E-state index contributed by atoms with van der Waals surface area (Å²) in [5.41, 5.74) is 11.5. The number of hydrogen-bond acceptors (Lipinski definition) is 11. The van der Waals surface area contributed by atoms with Crippen LogP contribution in [0.3, 0.4) is 0 Å². The fraction of sp³-hybridized carbons (Fsp3) is 0.139. The lowest BCUT2D eigenvalue weighted by Gasteiger charge is -2.14. The molecule has 2 heterocycles. The highest BCUT2D eigenvalue weighted by Crippen LogP contribution is 2.36. The van der Waals surface area contributed by atoms with Crippen LogP contribution in [-0.2, 0) is 0 Å². The van der Waals surface area contributed by atoms with Gasteiger partial charge in [-0.2, -0.15) is 15.0 Å². The Hall–Kier alpha value is -5.94. The summed E-state index contributed by atoms with van der Waals surface area (Å²) in [6.07, 6.45) is 0. The van der Waals surface area contributed by atoms with Crippen molar-refractivity contribution in [3.63, 3.8) is 0 Å². The summed E-state index contributed by atoms with van der Waals surface area (Å²) < 4.78 is 17.5. The molecule has 2 aromatic heterocycles. The number of aromatic nitrogens is 5. The highest BCUT2D eigenvalue weighted by molar-refractivity contribution is 6.31. The van der Waals surface area contributed by atoms with Crippen LogP contribution >= 0.6 is 11.6 Å². The first kappa shape index (κ1) is 32.0. The van der Waals surface area contributed by atoms with E-state index in [1.54, 1.807) is 18.2 Å². The third kappa shape index (κ3) is 8.06. The Balaban J connectivity index is 1.36. The summed E-state index contributed by atoms with van der Waals surface area (Å²) >= 11 is 6.47. The van der Waals surface area contributed by atoms with Crippen molar-refractivity contribution in [3.05, 3.63) is 108 Å². The molecular formula is C36H33ClN8O3. The van der Waals surface area contributed by atoms with Crippen LogP contribution in [0.5, 0.6) is 23.3 Å². The third-order valence-electron chi connectivity index (χ3n) is 6.97. The third-order valence-corrected chi connectivity index (χ3v) is 7.20. The van der Waals surface area contributed by atoms with Gasteiger partial charge in [0, 0.05) is 27.5 Å². The predicted molar refractivity (Wildman–Crippen MR) is 189 cm³/mol. The van der Waals surface area contributed by atoms with E-state index >= 15 is 0 Å². The standard InChI is InChI=1S/C36H33ClN8O3/c1-4-46-27-15-11-25(12-16-27)39-34-43-35(40-26-13-17-28(18-14-26)47-5-2)45-36(44-34)48-32-19-10-24(37)20-29(32)31-21-30(41-33(38)42-31)23-8-6-22(3)7-9-23/h6-21H,4-5H2,1-3H3,(H2,38,41,42)(H2,39,40,43,44,45). The van der Waals surface area contributed by atoms with Crippen molar-refractivity contribution in [3.8, 4) is 45.8 Å². The minimum Gasteiger partial charge on any atom is -0.494 e. The average Bonchev–Trinajstić information content (AvgIpc) is 3.07. The normalized spacial score (nSPS) is 10.8. The van der Waals surface area contributed by atoms with Gasteiger partial charge in [0.05, 0.1) is 24.6 Å². The molecule has 0 radical (unpaired) electrons. The summed E-state index contributed by atoms with van der Waals surface area (Å²) in [7, 11) is 0. The Morgan fingerprint density at radius 2 is 1.21 bits per heavy atom. The molecule has 242 valence electrons. The topological polar surface area (TPSA) is 142 Å². The fourth-order valence-electron chi connectivity index (χ4n) is 4.74. The first-order chi connectivity index (χ1) is 23.3. The van der Waals surface area contributed by atoms with Crippen molar-refractivity contribution in [2.75, 3.05) is 29.6 Å². The second-order valence-corrected chi connectivity index (χ2v) is 11.0. The maximum absolute atomic E-state index is 6.47. The number of nitrogens with two attached hydrogens (primary N) is 1. The van der Waals surface area contributed by atoms with E-state index in [2.05, 4.69) is 35.6 Å². The first-order valence-corrected chi connectivity index (χ1v) is 15.7. The van der Waals surface area contributed by atoms with Crippen LogP contribution < -0.4 is 30.6 Å². The molecule has 4 aromatic carbocycles. The maximum Gasteiger partial charge on any atom is 0.328 e. The van der Waals surface area contributed by atoms with Crippen molar-refractivity contribution in [2.24, 2.45) is 0 Å². The highest BCUT2D eigenvalue weighted by Gasteiger charge is 2.17. The molecule has 0 amide bonds. The quantitative estimate of drug-likeness (QED) is 0.116. The molecule has 0 atom stereocenters. The second kappa shape index (κ2) is 14.7. The number of anilines is 5. The molecule has 0 aliphatic rings. The number of halogens is 1. The van der Waals surface area contributed by atoms with E-state index in [1.807, 2.05) is 99.6 Å². The molecule has 11 nitrogen and oxygen atoms in total. The van der Waals surface area contributed by atoms with Gasteiger partial charge in [0.25, 0.3) is 0 Å². The zero-order valence-electron chi connectivity index (χ0n) is 26.6. The van der Waals surface area contributed by atoms with Crippen LogP contribution in [0, 0.1) is 6.92 Å². The van der Waals surface area contributed by atoms with E-state index in [4.69, 9.17) is 31.5 Å². The molecule has 0 bridgehead atoms. The van der Waals surface area contributed by atoms with Gasteiger partial charge in [0.15, 0.2) is 0 Å². The second-order valence-electron chi connectivity index (χ2n) is 10.5. The number of aryl methyl sites for hydroxylation is 1. The van der Waals surface area contributed by atoms with Crippen LogP contribution in [0.1, 0.15) is 19.4 Å². The van der Waals surface area contributed by atoms with E-state index < -0.39 is 0 Å². The van der Waals surface area contributed by atoms with Crippen molar-refractivity contribution in [2.45, 2.75) is 20.8 Å². The molecule has 48 heavy (non-hydrogen) atoms. The van der Waals surface area contributed by atoms with Crippen LogP contribution in [0.2, 0.25) is 5.02 Å². The molecule has 0 unspecified atom stereocenters. The number of benzene rings is 4. The minimum atomic E-state index is 0.0243. The Morgan fingerprint density at radius 1 is 0.646 bits per heavy atom. The van der Waals surface area contributed by atoms with E-state index in [-0.39, 0.29) is 23.9 Å². The molecule has 0 saturated carbocycles. The minimum absolute atomic E-state index is 0.0243. The van der Waals surface area contributed by atoms with E-state index in [0.29, 0.717) is 40.9 Å². The summed E-state index contributed by atoms with van der Waals surface area (Å²) in [6, 6.07) is 30.0. The van der Waals surface area contributed by atoms with Crippen LogP contribution in [0.25, 0.3) is 22.5 Å². The Morgan fingerprint density at radius 3 is 1.77 bits per heavy atom. The maximum atomic E-state index is 6.47. The van der Waals surface area contributed by atoms with E-state index in [1.165, 1.54) is 0 Å². The molecule has 6 aromatic rings. The number of rotatable bonds is 12. The number of nitrogens with one attached hydrogen (secondary N) is 2. The zero-order valence-corrected chi connectivity index (χ0v) is 27.3. The van der Waals surface area contributed by atoms with Gasteiger partial charge in [-0.05, 0) is 93.6 Å². The van der Waals surface area contributed by atoms with Gasteiger partial charge in [0.2, 0.25) is 17.8 Å². The van der Waals surface area contributed by atoms with Crippen LogP contribution in [0.4, 0.5) is 29.2 Å². The number of hydrogen-bond donors (Lipinski definition) is 3. The summed E-state index contributed by atoms with van der Waals surface area (Å²) in [5.74, 6) is 2.52. The van der Waals surface area contributed by atoms with E-state index in [9.17, 15) is 0 Å².